The average molecular weight is 344 g/mol. The van der Waals surface area contributed by atoms with Crippen LogP contribution in [0.4, 0.5) is 0 Å². The molecule has 1 aromatic carbocycles. The zero-order valence-corrected chi connectivity index (χ0v) is 15.0. The summed E-state index contributed by atoms with van der Waals surface area (Å²) in [5, 5.41) is 2.98. The summed E-state index contributed by atoms with van der Waals surface area (Å²) in [7, 11) is 1.37. The molecule has 2 atom stereocenters. The highest BCUT2D eigenvalue weighted by Crippen LogP contribution is 2.35. The van der Waals surface area contributed by atoms with Crippen molar-refractivity contribution in [3.63, 3.8) is 0 Å². The topological polar surface area (TPSA) is 58.6 Å². The van der Waals surface area contributed by atoms with Crippen LogP contribution in [-0.4, -0.2) is 43.5 Å². The molecular weight excluding hydrogens is 316 g/mol. The molecule has 0 aromatic heterocycles. The molecule has 5 heteroatoms. The number of nitrogens with one attached hydrogen (secondary N) is 1. The Labute approximate surface area is 149 Å². The SMILES string of the molecule is COC(=O)c1ccc(CNC(=O)CN2CC[C@H]3CCCC[C@@H]3C2)cc1. The molecule has 0 spiro atoms. The first kappa shape index (κ1) is 17.9. The number of ether oxygens (including phenoxy) is 1. The van der Waals surface area contributed by atoms with Crippen molar-refractivity contribution in [1.82, 2.24) is 10.2 Å². The fourth-order valence-electron chi connectivity index (χ4n) is 4.16. The quantitative estimate of drug-likeness (QED) is 0.834. The van der Waals surface area contributed by atoms with Crippen LogP contribution in [0.3, 0.4) is 0 Å². The van der Waals surface area contributed by atoms with Gasteiger partial charge in [0, 0.05) is 13.1 Å². The molecular formula is C20H28N2O3. The summed E-state index contributed by atoms with van der Waals surface area (Å²) in [5.74, 6) is 1.41. The molecule has 0 radical (unpaired) electrons. The Morgan fingerprint density at radius 1 is 1.12 bits per heavy atom. The summed E-state index contributed by atoms with van der Waals surface area (Å²) in [6.45, 7) is 3.10. The third-order valence-electron chi connectivity index (χ3n) is 5.61. The third-order valence-corrected chi connectivity index (χ3v) is 5.61. The molecule has 5 nitrogen and oxygen atoms in total. The van der Waals surface area contributed by atoms with E-state index >= 15 is 0 Å². The number of esters is 1. The van der Waals surface area contributed by atoms with E-state index in [-0.39, 0.29) is 11.9 Å². The van der Waals surface area contributed by atoms with E-state index in [1.165, 1.54) is 39.2 Å². The van der Waals surface area contributed by atoms with Gasteiger partial charge in [-0.25, -0.2) is 4.79 Å². The summed E-state index contributed by atoms with van der Waals surface area (Å²) >= 11 is 0. The smallest absolute Gasteiger partial charge is 0.337 e. The van der Waals surface area contributed by atoms with Gasteiger partial charge in [0.05, 0.1) is 19.2 Å². The third kappa shape index (κ3) is 4.82. The van der Waals surface area contributed by atoms with Crippen molar-refractivity contribution in [1.29, 1.82) is 0 Å². The maximum atomic E-state index is 12.2. The largest absolute Gasteiger partial charge is 0.465 e. The first-order valence-electron chi connectivity index (χ1n) is 9.32. The Balaban J connectivity index is 1.43. The van der Waals surface area contributed by atoms with Crippen LogP contribution in [0.15, 0.2) is 24.3 Å². The second kappa shape index (κ2) is 8.48. The van der Waals surface area contributed by atoms with Crippen molar-refractivity contribution in [2.24, 2.45) is 11.8 Å². The van der Waals surface area contributed by atoms with Gasteiger partial charge in [-0.3, -0.25) is 9.69 Å². The number of hydrogen-bond acceptors (Lipinski definition) is 4. The lowest BCUT2D eigenvalue weighted by atomic mass is 9.75. The molecule has 1 N–H and O–H groups in total. The standard InChI is InChI=1S/C20H28N2O3/c1-25-20(24)17-8-6-15(7-9-17)12-21-19(23)14-22-11-10-16-4-2-3-5-18(16)13-22/h6-9,16,18H,2-5,10-14H2,1H3,(H,21,23)/t16-,18-/m1/s1. The fourth-order valence-corrected chi connectivity index (χ4v) is 4.16. The predicted molar refractivity (Wildman–Crippen MR) is 96.1 cm³/mol. The molecule has 25 heavy (non-hydrogen) atoms. The summed E-state index contributed by atoms with van der Waals surface area (Å²) in [6, 6.07) is 7.14. The number of carbonyl (C=O) groups is 2. The molecule has 1 saturated carbocycles. The van der Waals surface area contributed by atoms with Crippen LogP contribution in [0.5, 0.6) is 0 Å². The molecule has 0 bridgehead atoms. The van der Waals surface area contributed by atoms with E-state index < -0.39 is 0 Å². The fraction of sp³-hybridized carbons (Fsp3) is 0.600. The van der Waals surface area contributed by atoms with E-state index in [0.717, 1.165) is 30.5 Å². The molecule has 136 valence electrons. The number of methoxy groups -OCH3 is 1. The molecule has 1 aliphatic carbocycles. The molecule has 1 heterocycles. The van der Waals surface area contributed by atoms with Crippen LogP contribution in [-0.2, 0) is 16.1 Å². The summed E-state index contributed by atoms with van der Waals surface area (Å²) < 4.78 is 4.68. The Morgan fingerprint density at radius 2 is 1.84 bits per heavy atom. The van der Waals surface area contributed by atoms with Gasteiger partial charge < -0.3 is 10.1 Å². The average Bonchev–Trinajstić information content (AvgIpc) is 2.66. The van der Waals surface area contributed by atoms with Gasteiger partial charge in [-0.1, -0.05) is 31.4 Å². The first-order chi connectivity index (χ1) is 12.2. The summed E-state index contributed by atoms with van der Waals surface area (Å²) in [5.41, 5.74) is 1.50. The number of benzene rings is 1. The monoisotopic (exact) mass is 344 g/mol. The Hall–Kier alpha value is -1.88. The van der Waals surface area contributed by atoms with Crippen molar-refractivity contribution < 1.29 is 14.3 Å². The number of piperidine rings is 1. The van der Waals surface area contributed by atoms with Crippen LogP contribution in [0.25, 0.3) is 0 Å². The molecule has 2 fully saturated rings. The number of carbonyl (C=O) groups excluding carboxylic acids is 2. The molecule has 0 unspecified atom stereocenters. The van der Waals surface area contributed by atoms with Crippen LogP contribution in [0, 0.1) is 11.8 Å². The minimum Gasteiger partial charge on any atom is -0.465 e. The minimum atomic E-state index is -0.346. The van der Waals surface area contributed by atoms with E-state index in [2.05, 4.69) is 15.0 Å². The van der Waals surface area contributed by atoms with Crippen molar-refractivity contribution in [3.05, 3.63) is 35.4 Å². The molecule has 1 amide bonds. The number of likely N-dealkylation sites (tertiary alicyclic amines) is 1. The van der Waals surface area contributed by atoms with Crippen molar-refractivity contribution in [2.45, 2.75) is 38.6 Å². The van der Waals surface area contributed by atoms with Gasteiger partial charge in [0.1, 0.15) is 0 Å². The second-order valence-electron chi connectivity index (χ2n) is 7.29. The van der Waals surface area contributed by atoms with Gasteiger partial charge in [0.25, 0.3) is 0 Å². The number of hydrogen-bond donors (Lipinski definition) is 1. The van der Waals surface area contributed by atoms with Crippen molar-refractivity contribution in [2.75, 3.05) is 26.7 Å². The Morgan fingerprint density at radius 3 is 2.56 bits per heavy atom. The molecule has 1 saturated heterocycles. The van der Waals surface area contributed by atoms with E-state index in [4.69, 9.17) is 0 Å². The van der Waals surface area contributed by atoms with Gasteiger partial charge in [0.2, 0.25) is 5.91 Å². The van der Waals surface area contributed by atoms with Crippen LogP contribution in [0.1, 0.15) is 48.0 Å². The van der Waals surface area contributed by atoms with E-state index in [9.17, 15) is 9.59 Å². The lowest BCUT2D eigenvalue weighted by Crippen LogP contribution is -2.46. The number of amides is 1. The number of fused-ring (bicyclic) bond motifs is 1. The van der Waals surface area contributed by atoms with Crippen LogP contribution < -0.4 is 5.32 Å². The maximum absolute atomic E-state index is 12.2. The van der Waals surface area contributed by atoms with Gasteiger partial charge in [0.15, 0.2) is 0 Å². The number of nitrogens with zero attached hydrogens (tertiary/aromatic N) is 1. The van der Waals surface area contributed by atoms with E-state index in [1.54, 1.807) is 12.1 Å². The van der Waals surface area contributed by atoms with Gasteiger partial charge in [-0.05, 0) is 48.9 Å². The van der Waals surface area contributed by atoms with Gasteiger partial charge in [-0.2, -0.15) is 0 Å². The summed E-state index contributed by atoms with van der Waals surface area (Å²) in [4.78, 5) is 26.0. The normalized spacial score (nSPS) is 23.6. The highest BCUT2D eigenvalue weighted by molar-refractivity contribution is 5.89. The molecule has 1 aromatic rings. The Bertz CT molecular complexity index is 599. The van der Waals surface area contributed by atoms with Crippen LogP contribution in [0.2, 0.25) is 0 Å². The lowest BCUT2D eigenvalue weighted by molar-refractivity contribution is -0.123. The van der Waals surface area contributed by atoms with E-state index in [1.807, 2.05) is 12.1 Å². The molecule has 3 rings (SSSR count). The second-order valence-corrected chi connectivity index (χ2v) is 7.29. The zero-order valence-electron chi connectivity index (χ0n) is 15.0. The highest BCUT2D eigenvalue weighted by atomic mass is 16.5. The molecule has 1 aliphatic heterocycles. The predicted octanol–water partition coefficient (Wildman–Crippen LogP) is 2.60. The first-order valence-corrected chi connectivity index (χ1v) is 9.32. The van der Waals surface area contributed by atoms with Crippen molar-refractivity contribution >= 4 is 11.9 Å². The van der Waals surface area contributed by atoms with Gasteiger partial charge in [-0.15, -0.1) is 0 Å². The highest BCUT2D eigenvalue weighted by Gasteiger charge is 2.31. The summed E-state index contributed by atoms with van der Waals surface area (Å²) in [6.07, 6.45) is 6.69. The van der Waals surface area contributed by atoms with Crippen LogP contribution >= 0.6 is 0 Å². The number of rotatable bonds is 5. The van der Waals surface area contributed by atoms with Gasteiger partial charge >= 0.3 is 5.97 Å². The maximum Gasteiger partial charge on any atom is 0.337 e. The molecule has 2 aliphatic rings. The van der Waals surface area contributed by atoms with E-state index in [0.29, 0.717) is 18.7 Å². The minimum absolute atomic E-state index is 0.0753. The lowest BCUT2D eigenvalue weighted by Gasteiger charge is -2.41. The Kier molecular flexibility index (Phi) is 6.08. The van der Waals surface area contributed by atoms with Crippen molar-refractivity contribution in [3.8, 4) is 0 Å². The zero-order chi connectivity index (χ0) is 17.6.